The number of allylic oxidation sites excluding steroid dienone is 1. The molecular weight excluding hydrogens is 462 g/mol. The van der Waals surface area contributed by atoms with Crippen molar-refractivity contribution in [2.45, 2.75) is 31.8 Å². The number of aliphatic hydroxyl groups is 3. The van der Waals surface area contributed by atoms with Crippen molar-refractivity contribution in [1.82, 2.24) is 4.98 Å². The highest BCUT2D eigenvalue weighted by Gasteiger charge is 2.63. The Hall–Kier alpha value is -3.85. The first-order valence-corrected chi connectivity index (χ1v) is 11.8. The van der Waals surface area contributed by atoms with Gasteiger partial charge in [0.15, 0.2) is 11.4 Å². The topological polar surface area (TPSA) is 143 Å². The van der Waals surface area contributed by atoms with Crippen LogP contribution in [0.1, 0.15) is 30.9 Å². The minimum absolute atomic E-state index is 0.0582. The first kappa shape index (κ1) is 23.9. The standard InChI is InChI=1S/C27H29N3O6/c1-14-20(32)9-15-10-26(13-29-16-5-4-8-28-12-16)11-17-18(30(2)3)6-7-19(31)21(17)23(33)22(26)25(35)27(15,36)24(14)34/h4-8,12,15,29,31,33-34,36H,9-11,13H2,1-3H3/t15-,26-,27-/m1/s1. The van der Waals surface area contributed by atoms with Crippen LogP contribution >= 0.6 is 0 Å². The molecule has 9 heteroatoms. The summed E-state index contributed by atoms with van der Waals surface area (Å²) in [5.74, 6) is -3.34. The number of nitrogens with zero attached hydrogens (tertiary/aromatic N) is 2. The van der Waals surface area contributed by atoms with Crippen LogP contribution in [-0.4, -0.2) is 63.2 Å². The molecule has 1 saturated carbocycles. The highest BCUT2D eigenvalue weighted by Crippen LogP contribution is 2.58. The van der Waals surface area contributed by atoms with Crippen molar-refractivity contribution < 1.29 is 30.0 Å². The summed E-state index contributed by atoms with van der Waals surface area (Å²) in [4.78, 5) is 32.7. The largest absolute Gasteiger partial charge is 0.508 e. The lowest BCUT2D eigenvalue weighted by Gasteiger charge is -2.52. The lowest BCUT2D eigenvalue weighted by atomic mass is 9.52. The number of phenols is 1. The molecule has 0 saturated heterocycles. The maximum Gasteiger partial charge on any atom is 0.202 e. The first-order chi connectivity index (χ1) is 17.0. The Balaban J connectivity index is 1.74. The molecule has 0 aliphatic heterocycles. The van der Waals surface area contributed by atoms with Crippen LogP contribution in [0.3, 0.4) is 0 Å². The van der Waals surface area contributed by atoms with Crippen molar-refractivity contribution in [2.24, 2.45) is 11.3 Å². The van der Waals surface area contributed by atoms with Crippen LogP contribution < -0.4 is 10.2 Å². The Morgan fingerprint density at radius 2 is 1.92 bits per heavy atom. The normalized spacial score (nSPS) is 27.4. The number of ketones is 2. The van der Waals surface area contributed by atoms with Gasteiger partial charge < -0.3 is 30.6 Å². The highest BCUT2D eigenvalue weighted by atomic mass is 16.3. The van der Waals surface area contributed by atoms with Gasteiger partial charge in [-0.3, -0.25) is 14.6 Å². The Kier molecular flexibility index (Phi) is 5.37. The zero-order chi connectivity index (χ0) is 26.0. The lowest BCUT2D eigenvalue weighted by molar-refractivity contribution is -0.150. The number of aromatic hydroxyl groups is 1. The van der Waals surface area contributed by atoms with Crippen molar-refractivity contribution >= 4 is 28.7 Å². The molecule has 3 atom stereocenters. The second-order valence-electron chi connectivity index (χ2n) is 10.2. The van der Waals surface area contributed by atoms with Crippen LogP contribution in [0.5, 0.6) is 5.75 Å². The summed E-state index contributed by atoms with van der Waals surface area (Å²) < 4.78 is 0. The number of aromatic nitrogens is 1. The van der Waals surface area contributed by atoms with Gasteiger partial charge in [0.05, 0.1) is 11.3 Å². The molecule has 3 aliphatic rings. The predicted octanol–water partition coefficient (Wildman–Crippen LogP) is 2.90. The van der Waals surface area contributed by atoms with E-state index >= 15 is 0 Å². The highest BCUT2D eigenvalue weighted by molar-refractivity contribution is 6.14. The van der Waals surface area contributed by atoms with Gasteiger partial charge in [-0.15, -0.1) is 0 Å². The maximum atomic E-state index is 14.0. The summed E-state index contributed by atoms with van der Waals surface area (Å²) in [5, 5.41) is 48.0. The molecule has 1 aromatic heterocycles. The SMILES string of the molecule is CC1=C(O)[C@@]2(O)C(=O)C3=C(O)c4c(O)ccc(N(C)C)c4C[C@@]3(CNc3cccnc3)C[C@H]2CC1=O. The van der Waals surface area contributed by atoms with E-state index in [-0.39, 0.29) is 54.0 Å². The fourth-order valence-electron chi connectivity index (χ4n) is 6.08. The zero-order valence-corrected chi connectivity index (χ0v) is 20.4. The number of nitrogens with one attached hydrogen (secondary N) is 1. The minimum Gasteiger partial charge on any atom is -0.508 e. The van der Waals surface area contributed by atoms with E-state index in [0.717, 1.165) is 5.69 Å². The average molecular weight is 492 g/mol. The molecule has 0 spiro atoms. The number of hydrogen-bond acceptors (Lipinski definition) is 9. The van der Waals surface area contributed by atoms with E-state index in [0.29, 0.717) is 11.3 Å². The molecule has 0 unspecified atom stereocenters. The van der Waals surface area contributed by atoms with Crippen LogP contribution in [0.15, 0.2) is 53.6 Å². The van der Waals surface area contributed by atoms with Gasteiger partial charge in [0.25, 0.3) is 0 Å². The molecule has 0 bridgehead atoms. The van der Waals surface area contributed by atoms with Gasteiger partial charge in [-0.25, -0.2) is 0 Å². The third kappa shape index (κ3) is 3.22. The number of rotatable bonds is 4. The Bertz CT molecular complexity index is 1350. The smallest absolute Gasteiger partial charge is 0.202 e. The van der Waals surface area contributed by atoms with Crippen molar-refractivity contribution in [3.8, 4) is 5.75 Å². The van der Waals surface area contributed by atoms with Gasteiger partial charge >= 0.3 is 0 Å². The van der Waals surface area contributed by atoms with E-state index in [1.54, 1.807) is 24.5 Å². The van der Waals surface area contributed by atoms with Crippen molar-refractivity contribution in [2.75, 3.05) is 30.9 Å². The van der Waals surface area contributed by atoms with Crippen LogP contribution in [-0.2, 0) is 16.0 Å². The van der Waals surface area contributed by atoms with Crippen LogP contribution in [0.25, 0.3) is 5.76 Å². The number of phenolic OH excluding ortho intramolecular Hbond substituents is 1. The third-order valence-electron chi connectivity index (χ3n) is 7.93. The molecule has 0 radical (unpaired) electrons. The molecule has 1 fully saturated rings. The second-order valence-corrected chi connectivity index (χ2v) is 10.2. The Labute approximate surface area is 208 Å². The van der Waals surface area contributed by atoms with E-state index in [4.69, 9.17) is 0 Å². The van der Waals surface area contributed by atoms with E-state index in [2.05, 4.69) is 10.3 Å². The van der Waals surface area contributed by atoms with E-state index < -0.39 is 34.2 Å². The summed E-state index contributed by atoms with van der Waals surface area (Å²) in [7, 11) is 3.69. The third-order valence-corrected chi connectivity index (χ3v) is 7.93. The van der Waals surface area contributed by atoms with E-state index in [1.807, 2.05) is 25.1 Å². The van der Waals surface area contributed by atoms with Crippen molar-refractivity contribution in [1.29, 1.82) is 0 Å². The molecule has 0 amide bonds. The molecule has 3 aliphatic carbocycles. The molecule has 36 heavy (non-hydrogen) atoms. The molecular formula is C27H29N3O6. The predicted molar refractivity (Wildman–Crippen MR) is 134 cm³/mol. The van der Waals surface area contributed by atoms with Gasteiger partial charge in [0.2, 0.25) is 5.78 Å². The van der Waals surface area contributed by atoms with Gasteiger partial charge in [-0.2, -0.15) is 0 Å². The molecule has 5 rings (SSSR count). The number of anilines is 2. The van der Waals surface area contributed by atoms with Gasteiger partial charge in [0.1, 0.15) is 17.3 Å². The van der Waals surface area contributed by atoms with Crippen molar-refractivity contribution in [3.63, 3.8) is 0 Å². The number of hydrogen-bond donors (Lipinski definition) is 5. The summed E-state index contributed by atoms with van der Waals surface area (Å²) in [6, 6.07) is 6.79. The number of fused-ring (bicyclic) bond motifs is 3. The number of aliphatic hydroxyl groups excluding tert-OH is 2. The molecule has 5 N–H and O–H groups in total. The van der Waals surface area contributed by atoms with Gasteiger partial charge in [-0.1, -0.05) is 0 Å². The zero-order valence-electron chi connectivity index (χ0n) is 20.4. The number of Topliss-reactive ketones (excluding diaryl/α,β-unsaturated/α-hetero) is 2. The van der Waals surface area contributed by atoms with Crippen LogP contribution in [0.2, 0.25) is 0 Å². The lowest BCUT2D eigenvalue weighted by Crippen LogP contribution is -2.61. The monoisotopic (exact) mass is 491 g/mol. The maximum absolute atomic E-state index is 14.0. The number of benzene rings is 1. The summed E-state index contributed by atoms with van der Waals surface area (Å²) in [5.41, 5.74) is -1.23. The molecule has 1 aromatic carbocycles. The average Bonchev–Trinajstić information content (AvgIpc) is 2.84. The molecule has 1 heterocycles. The minimum atomic E-state index is -2.33. The molecule has 188 valence electrons. The van der Waals surface area contributed by atoms with Gasteiger partial charge in [0, 0.05) is 67.6 Å². The van der Waals surface area contributed by atoms with E-state index in [9.17, 15) is 30.0 Å². The van der Waals surface area contributed by atoms with E-state index in [1.165, 1.54) is 13.0 Å². The summed E-state index contributed by atoms with van der Waals surface area (Å²) in [6.45, 7) is 1.57. The van der Waals surface area contributed by atoms with Gasteiger partial charge in [-0.05, 0) is 49.6 Å². The summed E-state index contributed by atoms with van der Waals surface area (Å²) in [6.07, 6.45) is 3.57. The second kappa shape index (κ2) is 8.09. The van der Waals surface area contributed by atoms with Crippen LogP contribution in [0.4, 0.5) is 11.4 Å². The van der Waals surface area contributed by atoms with Crippen molar-refractivity contribution in [3.05, 3.63) is 64.7 Å². The fraction of sp³-hybridized carbons (Fsp3) is 0.370. The number of carbonyl (C=O) groups is 2. The molecule has 2 aromatic rings. The number of carbonyl (C=O) groups excluding carboxylic acids is 2. The molecule has 9 nitrogen and oxygen atoms in total. The summed E-state index contributed by atoms with van der Waals surface area (Å²) >= 11 is 0. The number of pyridine rings is 1. The Morgan fingerprint density at radius 1 is 1.17 bits per heavy atom. The van der Waals surface area contributed by atoms with Crippen LogP contribution in [0, 0.1) is 11.3 Å². The fourth-order valence-corrected chi connectivity index (χ4v) is 6.08. The Morgan fingerprint density at radius 3 is 2.58 bits per heavy atom. The first-order valence-electron chi connectivity index (χ1n) is 11.8. The quantitative estimate of drug-likeness (QED) is 0.436.